The minimum absolute atomic E-state index is 0.0892. The van der Waals surface area contributed by atoms with Crippen LogP contribution in [0.3, 0.4) is 0 Å². The van der Waals surface area contributed by atoms with Gasteiger partial charge >= 0.3 is 0 Å². The molecule has 1 radical (unpaired) electrons. The van der Waals surface area contributed by atoms with Gasteiger partial charge in [-0.3, -0.25) is 0 Å². The molecule has 2 aliphatic rings. The van der Waals surface area contributed by atoms with E-state index in [0.717, 1.165) is 45.5 Å². The third-order valence-corrected chi connectivity index (χ3v) is 9.81. The van der Waals surface area contributed by atoms with E-state index in [2.05, 4.69) is 61.6 Å². The van der Waals surface area contributed by atoms with Crippen LogP contribution in [0, 0.1) is 6.92 Å². The molecule has 0 saturated heterocycles. The first kappa shape index (κ1) is 21.3. The van der Waals surface area contributed by atoms with E-state index in [-0.39, 0.29) is 5.92 Å². The number of fused-ring (bicyclic) bond motifs is 3. The Morgan fingerprint density at radius 1 is 0.970 bits per heavy atom. The molecule has 0 bridgehead atoms. The van der Waals surface area contributed by atoms with Gasteiger partial charge in [0.05, 0.1) is 13.8 Å². The molecule has 165 valence electrons. The monoisotopic (exact) mass is 487 g/mol. The predicted molar refractivity (Wildman–Crippen MR) is 142 cm³/mol. The fourth-order valence-corrected chi connectivity index (χ4v) is 8.58. The number of hydrogen-bond acceptors (Lipinski definition) is 1. The largest absolute Gasteiger partial charge is 0.461 e. The summed E-state index contributed by atoms with van der Waals surface area (Å²) in [5.41, 5.74) is 7.46. The second-order valence-electron chi connectivity index (χ2n) is 9.46. The topological polar surface area (TPSA) is 13.1 Å². The first-order valence-electron chi connectivity index (χ1n) is 11.6. The van der Waals surface area contributed by atoms with Crippen molar-refractivity contribution in [1.82, 2.24) is 0 Å². The third-order valence-electron chi connectivity index (χ3n) is 7.22. The van der Waals surface area contributed by atoms with E-state index >= 15 is 0 Å². The van der Waals surface area contributed by atoms with Crippen LogP contribution < -0.4 is 0 Å². The van der Waals surface area contributed by atoms with Crippen LogP contribution in [0.4, 0.5) is 0 Å². The Morgan fingerprint density at radius 3 is 2.55 bits per heavy atom. The molecule has 3 aromatic carbocycles. The average Bonchev–Trinajstić information content (AvgIpc) is 3.51. The molecule has 0 amide bonds. The van der Waals surface area contributed by atoms with E-state index in [1.54, 1.807) is 0 Å². The van der Waals surface area contributed by atoms with Crippen LogP contribution in [0.5, 0.6) is 0 Å². The summed E-state index contributed by atoms with van der Waals surface area (Å²) in [7, 11) is -0.855. The van der Waals surface area contributed by atoms with Gasteiger partial charge in [0.25, 0.3) is 0 Å². The second kappa shape index (κ2) is 7.90. The number of hydrogen-bond donors (Lipinski definition) is 0. The molecule has 1 nitrogen and oxygen atoms in total. The zero-order valence-electron chi connectivity index (χ0n) is 19.1. The molecule has 2 aliphatic carbocycles. The molecule has 0 saturated carbocycles. The highest BCUT2D eigenvalue weighted by Gasteiger charge is 2.39. The lowest BCUT2D eigenvalue weighted by Gasteiger charge is -2.24. The number of halogens is 2. The maximum Gasteiger partial charge on any atom is 0.134 e. The minimum Gasteiger partial charge on any atom is -0.461 e. The molecule has 1 unspecified atom stereocenters. The van der Waals surface area contributed by atoms with Crippen molar-refractivity contribution in [2.24, 2.45) is 0 Å². The van der Waals surface area contributed by atoms with Crippen molar-refractivity contribution in [3.8, 4) is 11.3 Å². The van der Waals surface area contributed by atoms with Gasteiger partial charge in [0.1, 0.15) is 11.5 Å². The Labute approximate surface area is 206 Å². The molecule has 0 fully saturated rings. The van der Waals surface area contributed by atoms with Crippen LogP contribution in [0.15, 0.2) is 64.2 Å². The molecular formula is C29H25Cl2OSi. The van der Waals surface area contributed by atoms with Crippen LogP contribution in [0.25, 0.3) is 27.1 Å². The summed E-state index contributed by atoms with van der Waals surface area (Å²) in [6.45, 7) is 6.68. The smallest absolute Gasteiger partial charge is 0.134 e. The number of allylic oxidation sites excluding steroid dienone is 1. The fourth-order valence-electron chi connectivity index (χ4n) is 5.79. The Bertz CT molecular complexity index is 1460. The van der Waals surface area contributed by atoms with Gasteiger partial charge in [-0.2, -0.15) is 0 Å². The van der Waals surface area contributed by atoms with Crippen molar-refractivity contribution >= 4 is 47.8 Å². The number of benzene rings is 3. The quantitative estimate of drug-likeness (QED) is 0.262. The van der Waals surface area contributed by atoms with Gasteiger partial charge in [-0.25, -0.2) is 0 Å². The van der Waals surface area contributed by atoms with Crippen molar-refractivity contribution < 1.29 is 4.42 Å². The first-order valence-corrected chi connectivity index (χ1v) is 14.8. The summed E-state index contributed by atoms with van der Waals surface area (Å²) in [4.78, 5) is 0. The molecule has 0 N–H and O–H groups in total. The lowest BCUT2D eigenvalue weighted by molar-refractivity contribution is 0.548. The zero-order valence-corrected chi connectivity index (χ0v) is 21.6. The predicted octanol–water partition coefficient (Wildman–Crippen LogP) is 8.94. The van der Waals surface area contributed by atoms with Crippen LogP contribution in [-0.2, 0) is 12.8 Å². The fraction of sp³-hybridized carbons (Fsp3) is 0.241. The third kappa shape index (κ3) is 3.19. The Hall–Kier alpha value is -2.26. The standard InChI is InChI=1S/C29H25Cl2OSi/c1-16-11-14-23(32-16)21-13-12-17-7-4-5-9-19(17)24(21)25-22-15-18-8-6-10-20(18)27(30)26(22)28(31)29(25)33(2)3/h4-5,7,9,11-15,25H,6,8,10H2,1-3H3. The number of furan rings is 1. The maximum absolute atomic E-state index is 7.21. The minimum atomic E-state index is -0.855. The molecular weight excluding hydrogens is 463 g/mol. The Kier molecular flexibility index (Phi) is 5.10. The highest BCUT2D eigenvalue weighted by Crippen LogP contribution is 2.55. The summed E-state index contributed by atoms with van der Waals surface area (Å²) in [5, 5.41) is 5.59. The van der Waals surface area contributed by atoms with Gasteiger partial charge in [0, 0.05) is 22.1 Å². The molecule has 33 heavy (non-hydrogen) atoms. The molecule has 0 spiro atoms. The van der Waals surface area contributed by atoms with Crippen molar-refractivity contribution in [1.29, 1.82) is 0 Å². The van der Waals surface area contributed by atoms with Gasteiger partial charge in [-0.1, -0.05) is 84.0 Å². The summed E-state index contributed by atoms with van der Waals surface area (Å²) in [6, 6.07) is 19.6. The van der Waals surface area contributed by atoms with Crippen molar-refractivity contribution in [3.63, 3.8) is 0 Å². The molecule has 4 aromatic rings. The second-order valence-corrected chi connectivity index (χ2v) is 12.8. The molecule has 6 rings (SSSR count). The molecule has 1 aromatic heterocycles. The molecule has 1 atom stereocenters. The molecule has 0 aliphatic heterocycles. The summed E-state index contributed by atoms with van der Waals surface area (Å²) >= 11 is 14.3. The van der Waals surface area contributed by atoms with E-state index in [0.29, 0.717) is 0 Å². The van der Waals surface area contributed by atoms with Crippen molar-refractivity contribution in [2.45, 2.75) is 45.2 Å². The Morgan fingerprint density at radius 2 is 1.79 bits per heavy atom. The van der Waals surface area contributed by atoms with Gasteiger partial charge in [-0.15, -0.1) is 0 Å². The van der Waals surface area contributed by atoms with E-state index < -0.39 is 8.80 Å². The van der Waals surface area contributed by atoms with E-state index in [1.807, 2.05) is 13.0 Å². The van der Waals surface area contributed by atoms with Gasteiger partial charge in [0.2, 0.25) is 0 Å². The van der Waals surface area contributed by atoms with E-state index in [1.165, 1.54) is 44.6 Å². The van der Waals surface area contributed by atoms with Gasteiger partial charge in [0.15, 0.2) is 0 Å². The van der Waals surface area contributed by atoms with Gasteiger partial charge < -0.3 is 4.42 Å². The SMILES string of the molecule is Cc1ccc(-c2ccc3ccccc3c2C2C([Si](C)C)=C(Cl)c3c2cc2c(c3Cl)CCC2)o1. The Balaban J connectivity index is 1.72. The van der Waals surface area contributed by atoms with E-state index in [4.69, 9.17) is 27.6 Å². The zero-order chi connectivity index (χ0) is 22.9. The van der Waals surface area contributed by atoms with Crippen LogP contribution in [0.2, 0.25) is 18.1 Å². The lowest BCUT2D eigenvalue weighted by Crippen LogP contribution is -2.15. The number of rotatable bonds is 3. The van der Waals surface area contributed by atoms with Crippen LogP contribution in [0.1, 0.15) is 45.9 Å². The first-order chi connectivity index (χ1) is 16.0. The van der Waals surface area contributed by atoms with Crippen molar-refractivity contribution in [2.75, 3.05) is 0 Å². The summed E-state index contributed by atoms with van der Waals surface area (Å²) < 4.78 is 6.16. The van der Waals surface area contributed by atoms with Crippen molar-refractivity contribution in [3.05, 3.63) is 98.4 Å². The summed E-state index contributed by atoms with van der Waals surface area (Å²) in [5.74, 6) is 1.91. The summed E-state index contributed by atoms with van der Waals surface area (Å²) in [6.07, 6.45) is 3.31. The average molecular weight is 489 g/mol. The maximum atomic E-state index is 7.21. The molecule has 1 heterocycles. The van der Waals surface area contributed by atoms with Crippen LogP contribution >= 0.6 is 23.2 Å². The van der Waals surface area contributed by atoms with Gasteiger partial charge in [-0.05, 0) is 71.3 Å². The van der Waals surface area contributed by atoms with E-state index in [9.17, 15) is 0 Å². The molecule has 4 heteroatoms. The number of aryl methyl sites for hydroxylation is 2. The normalized spacial score (nSPS) is 17.3. The highest BCUT2D eigenvalue weighted by molar-refractivity contribution is 6.71. The lowest BCUT2D eigenvalue weighted by atomic mass is 9.84. The van der Waals surface area contributed by atoms with Crippen LogP contribution in [-0.4, -0.2) is 8.80 Å². The highest BCUT2D eigenvalue weighted by atomic mass is 35.5.